The molecule has 0 heterocycles. The summed E-state index contributed by atoms with van der Waals surface area (Å²) in [5, 5.41) is 42.1. The van der Waals surface area contributed by atoms with E-state index >= 15 is 0 Å². The molecule has 0 aromatic heterocycles. The van der Waals surface area contributed by atoms with Crippen LogP contribution in [0, 0.1) is 11.3 Å². The minimum atomic E-state index is -1.65. The number of hydrogen-bond acceptors (Lipinski definition) is 5. The highest BCUT2D eigenvalue weighted by molar-refractivity contribution is 4.91. The average molecular weight is 147 g/mol. The molecule has 5 nitrogen and oxygen atoms in total. The van der Waals surface area contributed by atoms with Crippen molar-refractivity contribution in [2.75, 3.05) is 6.61 Å². The Labute approximate surface area is 57.8 Å². The minimum Gasteiger partial charge on any atom is -0.394 e. The van der Waals surface area contributed by atoms with E-state index in [1.807, 2.05) is 0 Å². The van der Waals surface area contributed by atoms with E-state index in [9.17, 15) is 0 Å². The molecule has 0 aliphatic heterocycles. The number of nitriles is 1. The summed E-state index contributed by atoms with van der Waals surface area (Å²) in [6, 6.07) is 1.31. The van der Waals surface area contributed by atoms with E-state index in [-0.39, 0.29) is 0 Å². The molecule has 0 rings (SSSR count). The average Bonchev–Trinajstić information content (AvgIpc) is 2.00. The molecule has 0 aliphatic carbocycles. The molecule has 5 heteroatoms. The van der Waals surface area contributed by atoms with Crippen LogP contribution >= 0.6 is 0 Å². The third-order valence-corrected chi connectivity index (χ3v) is 1.04. The Bertz CT molecular complexity index is 132. The normalized spacial score (nSPS) is 19.1. The van der Waals surface area contributed by atoms with Crippen molar-refractivity contribution in [1.29, 1.82) is 5.26 Å². The monoisotopic (exact) mass is 147 g/mol. The van der Waals surface area contributed by atoms with Crippen molar-refractivity contribution in [1.82, 2.24) is 0 Å². The predicted molar refractivity (Wildman–Crippen MR) is 30.7 cm³/mol. The molecule has 0 amide bonds. The van der Waals surface area contributed by atoms with Crippen molar-refractivity contribution in [3.63, 3.8) is 0 Å². The van der Waals surface area contributed by atoms with Crippen LogP contribution in [0.5, 0.6) is 0 Å². The smallest absolute Gasteiger partial charge is 0.168 e. The maximum absolute atomic E-state index is 8.70. The second-order valence-electron chi connectivity index (χ2n) is 1.81. The fourth-order valence-corrected chi connectivity index (χ4v) is 0.395. The van der Waals surface area contributed by atoms with Gasteiger partial charge >= 0.3 is 0 Å². The highest BCUT2D eigenvalue weighted by Crippen LogP contribution is 1.97. The first kappa shape index (κ1) is 9.33. The van der Waals surface area contributed by atoms with Gasteiger partial charge in [-0.1, -0.05) is 0 Å². The molecule has 0 spiro atoms. The van der Waals surface area contributed by atoms with Crippen LogP contribution in [-0.4, -0.2) is 45.3 Å². The fourth-order valence-electron chi connectivity index (χ4n) is 0.395. The van der Waals surface area contributed by atoms with E-state index in [0.29, 0.717) is 0 Å². The van der Waals surface area contributed by atoms with Gasteiger partial charge in [-0.05, 0) is 0 Å². The van der Waals surface area contributed by atoms with Crippen molar-refractivity contribution >= 4 is 0 Å². The Balaban J connectivity index is 3.84. The molecule has 0 aliphatic rings. The van der Waals surface area contributed by atoms with Gasteiger partial charge in [0.05, 0.1) is 12.7 Å². The molecular weight excluding hydrogens is 138 g/mol. The van der Waals surface area contributed by atoms with Crippen LogP contribution in [0.2, 0.25) is 0 Å². The van der Waals surface area contributed by atoms with Crippen LogP contribution in [0.15, 0.2) is 0 Å². The van der Waals surface area contributed by atoms with Gasteiger partial charge in [-0.2, -0.15) is 5.26 Å². The summed E-state index contributed by atoms with van der Waals surface area (Å²) in [6.45, 7) is -0.681. The SMILES string of the molecule is N#C[C@H](O)[C@@H](O)[C@H](O)CO. The summed E-state index contributed by atoms with van der Waals surface area (Å²) in [6.07, 6.45) is -4.72. The van der Waals surface area contributed by atoms with Gasteiger partial charge in [-0.25, -0.2) is 0 Å². The Morgan fingerprint density at radius 3 is 2.10 bits per heavy atom. The summed E-state index contributed by atoms with van der Waals surface area (Å²) < 4.78 is 0. The minimum absolute atomic E-state index is 0.681. The van der Waals surface area contributed by atoms with Gasteiger partial charge in [0.25, 0.3) is 0 Å². The second-order valence-corrected chi connectivity index (χ2v) is 1.81. The largest absolute Gasteiger partial charge is 0.394 e. The molecule has 0 radical (unpaired) electrons. The number of aliphatic hydroxyl groups excluding tert-OH is 4. The van der Waals surface area contributed by atoms with Crippen LogP contribution in [0.4, 0.5) is 0 Å². The summed E-state index contributed by atoms with van der Waals surface area (Å²) in [4.78, 5) is 0. The predicted octanol–water partition coefficient (Wildman–Crippen LogP) is -2.42. The molecule has 3 atom stereocenters. The molecule has 0 aromatic rings. The van der Waals surface area contributed by atoms with Crippen molar-refractivity contribution in [3.8, 4) is 6.07 Å². The van der Waals surface area contributed by atoms with Gasteiger partial charge in [0.2, 0.25) is 0 Å². The summed E-state index contributed by atoms with van der Waals surface area (Å²) in [7, 11) is 0. The van der Waals surface area contributed by atoms with Crippen LogP contribution in [0.25, 0.3) is 0 Å². The van der Waals surface area contributed by atoms with Gasteiger partial charge in [-0.3, -0.25) is 0 Å². The van der Waals surface area contributed by atoms with Crippen molar-refractivity contribution < 1.29 is 20.4 Å². The van der Waals surface area contributed by atoms with Gasteiger partial charge in [0, 0.05) is 0 Å². The van der Waals surface area contributed by atoms with Gasteiger partial charge in [0.15, 0.2) is 6.10 Å². The quantitative estimate of drug-likeness (QED) is 0.333. The number of rotatable bonds is 3. The Morgan fingerprint density at radius 1 is 1.30 bits per heavy atom. The van der Waals surface area contributed by atoms with E-state index in [1.54, 1.807) is 0 Å². The third kappa shape index (κ3) is 2.29. The number of hydrogen-bond donors (Lipinski definition) is 4. The molecule has 10 heavy (non-hydrogen) atoms. The lowest BCUT2D eigenvalue weighted by Gasteiger charge is -2.15. The van der Waals surface area contributed by atoms with Crippen molar-refractivity contribution in [2.45, 2.75) is 18.3 Å². The molecule has 0 aromatic carbocycles. The fraction of sp³-hybridized carbons (Fsp3) is 0.800. The summed E-state index contributed by atoms with van der Waals surface area (Å²) in [5.41, 5.74) is 0. The van der Waals surface area contributed by atoms with E-state index < -0.39 is 24.9 Å². The van der Waals surface area contributed by atoms with E-state index in [1.165, 1.54) is 6.07 Å². The molecule has 58 valence electrons. The Kier molecular flexibility index (Phi) is 3.91. The maximum atomic E-state index is 8.70. The summed E-state index contributed by atoms with van der Waals surface area (Å²) >= 11 is 0. The first-order valence-electron chi connectivity index (χ1n) is 2.68. The van der Waals surface area contributed by atoms with Gasteiger partial charge in [-0.15, -0.1) is 0 Å². The first-order chi connectivity index (χ1) is 4.63. The molecule has 0 fully saturated rings. The zero-order chi connectivity index (χ0) is 8.15. The van der Waals surface area contributed by atoms with Gasteiger partial charge < -0.3 is 20.4 Å². The highest BCUT2D eigenvalue weighted by Gasteiger charge is 2.23. The lowest BCUT2D eigenvalue weighted by molar-refractivity contribution is -0.0588. The van der Waals surface area contributed by atoms with E-state index in [0.717, 1.165) is 0 Å². The first-order valence-corrected chi connectivity index (χ1v) is 2.68. The molecular formula is C5H9NO4. The van der Waals surface area contributed by atoms with Crippen LogP contribution < -0.4 is 0 Å². The van der Waals surface area contributed by atoms with E-state index in [2.05, 4.69) is 0 Å². The molecule has 0 bridgehead atoms. The molecule has 4 N–H and O–H groups in total. The summed E-state index contributed by atoms with van der Waals surface area (Å²) in [5.74, 6) is 0. The zero-order valence-electron chi connectivity index (χ0n) is 5.18. The van der Waals surface area contributed by atoms with Crippen LogP contribution in [0.3, 0.4) is 0 Å². The van der Waals surface area contributed by atoms with Gasteiger partial charge in [0.1, 0.15) is 12.2 Å². The topological polar surface area (TPSA) is 105 Å². The van der Waals surface area contributed by atoms with Crippen molar-refractivity contribution in [2.24, 2.45) is 0 Å². The highest BCUT2D eigenvalue weighted by atomic mass is 16.4. The Hall–Kier alpha value is -0.670. The third-order valence-electron chi connectivity index (χ3n) is 1.04. The van der Waals surface area contributed by atoms with E-state index in [4.69, 9.17) is 25.7 Å². The number of nitrogens with zero attached hydrogens (tertiary/aromatic N) is 1. The lowest BCUT2D eigenvalue weighted by atomic mass is 10.1. The second kappa shape index (κ2) is 4.19. The van der Waals surface area contributed by atoms with Crippen LogP contribution in [-0.2, 0) is 0 Å². The maximum Gasteiger partial charge on any atom is 0.168 e. The molecule has 0 saturated carbocycles. The lowest BCUT2D eigenvalue weighted by Crippen LogP contribution is -2.38. The number of aliphatic hydroxyl groups is 4. The van der Waals surface area contributed by atoms with Crippen molar-refractivity contribution in [3.05, 3.63) is 0 Å². The Morgan fingerprint density at radius 2 is 1.80 bits per heavy atom. The standard InChI is InChI=1S/C5H9NO4/c6-1-3(8)5(10)4(9)2-7/h3-5,7-10H,2H2/t3-,4+,5+/m0/s1. The molecule has 0 unspecified atom stereocenters. The zero-order valence-corrected chi connectivity index (χ0v) is 5.18. The molecule has 0 saturated heterocycles. The van der Waals surface area contributed by atoms with Crippen LogP contribution in [0.1, 0.15) is 0 Å².